The molecule has 0 spiro atoms. The summed E-state index contributed by atoms with van der Waals surface area (Å²) in [5.41, 5.74) is 2.01. The fourth-order valence-corrected chi connectivity index (χ4v) is 4.82. The van der Waals surface area contributed by atoms with E-state index in [9.17, 15) is 29.7 Å². The van der Waals surface area contributed by atoms with Crippen LogP contribution in [0.5, 0.6) is 34.5 Å². The average molecular weight is 800 g/mol. The Balaban J connectivity index is 0.000000417. The zero-order chi connectivity index (χ0) is 38.9. The van der Waals surface area contributed by atoms with Crippen molar-refractivity contribution in [3.8, 4) is 34.5 Å². The molecule has 6 aromatic carbocycles. The molecule has 0 aliphatic carbocycles. The van der Waals surface area contributed by atoms with Gasteiger partial charge in [-0.2, -0.15) is 0 Å². The average Bonchev–Trinajstić information content (AvgIpc) is 3.19. The summed E-state index contributed by atoms with van der Waals surface area (Å²) in [7, 11) is 0. The smallest absolute Gasteiger partial charge is 0.550 e. The van der Waals surface area contributed by atoms with Gasteiger partial charge in [-0.05, 0) is 89.5 Å². The van der Waals surface area contributed by atoms with Crippen LogP contribution >= 0.6 is 0 Å². The molecule has 0 saturated heterocycles. The summed E-state index contributed by atoms with van der Waals surface area (Å²) in [5.74, 6) is -1.21. The number of benzene rings is 6. The minimum absolute atomic E-state index is 0. The summed E-state index contributed by atoms with van der Waals surface area (Å²) in [6, 6.07) is 49.1. The monoisotopic (exact) mass is 799 g/mol. The number of rotatable bonds is 12. The molecule has 0 amide bonds. The molecule has 0 bridgehead atoms. The van der Waals surface area contributed by atoms with Gasteiger partial charge in [0.05, 0.1) is 0 Å². The van der Waals surface area contributed by atoms with Crippen LogP contribution in [0.25, 0.3) is 0 Å². The minimum Gasteiger partial charge on any atom is -0.550 e. The van der Waals surface area contributed by atoms with Gasteiger partial charge in [-0.3, -0.25) is 0 Å². The van der Waals surface area contributed by atoms with Crippen molar-refractivity contribution in [3.63, 3.8) is 0 Å². The number of ether oxygens (including phenoxy) is 3. The van der Waals surface area contributed by atoms with Crippen LogP contribution in [0, 0.1) is 0 Å². The summed E-state index contributed by atoms with van der Waals surface area (Å²) in [6.07, 6.45) is 0. The Morgan fingerprint density at radius 1 is 0.368 bits per heavy atom. The maximum absolute atomic E-state index is 10.8. The van der Waals surface area contributed by atoms with Crippen molar-refractivity contribution in [2.45, 2.75) is 38.5 Å². The second-order valence-electron chi connectivity index (χ2n) is 12.1. The van der Waals surface area contributed by atoms with E-state index in [1.807, 2.05) is 91.0 Å². The number of carbonyl (C=O) groups is 3. The van der Waals surface area contributed by atoms with E-state index in [1.54, 1.807) is 93.6 Å². The third-order valence-corrected chi connectivity index (χ3v) is 8.07. The van der Waals surface area contributed by atoms with Gasteiger partial charge in [0, 0.05) is 35.7 Å². The first-order valence-electron chi connectivity index (χ1n) is 17.1. The van der Waals surface area contributed by atoms with Crippen LogP contribution in [0.4, 0.5) is 0 Å². The van der Waals surface area contributed by atoms with E-state index in [2.05, 4.69) is 0 Å². The van der Waals surface area contributed by atoms with Crippen molar-refractivity contribution >= 4 is 55.6 Å². The number of aliphatic carboxylic acids is 3. The van der Waals surface area contributed by atoms with Gasteiger partial charge < -0.3 is 54.9 Å². The number of carboxylic acids is 3. The fourth-order valence-electron chi connectivity index (χ4n) is 4.82. The van der Waals surface area contributed by atoms with E-state index in [1.165, 1.54) is 0 Å². The Morgan fingerprint density at radius 2 is 0.579 bits per heavy atom. The number of hydrogen-bond acceptors (Lipinski definition) is 9. The Hall–Kier alpha value is -5.69. The van der Waals surface area contributed by atoms with Gasteiger partial charge in [0.15, 0.2) is 0 Å². The van der Waals surface area contributed by atoms with Crippen molar-refractivity contribution in [2.24, 2.45) is 0 Å². The zero-order valence-electron chi connectivity index (χ0n) is 31.7. The Kier molecular flexibility index (Phi) is 22.0. The first-order chi connectivity index (χ1) is 26.0. The van der Waals surface area contributed by atoms with E-state index in [-0.39, 0.29) is 48.7 Å². The molecule has 6 rings (SSSR count). The van der Waals surface area contributed by atoms with E-state index >= 15 is 0 Å². The summed E-state index contributed by atoms with van der Waals surface area (Å²) in [6.45, 7) is 4.78. The molecule has 0 aliphatic heterocycles. The predicted octanol–water partition coefficient (Wildman–Crippen LogP) is 4.97. The topological polar surface area (TPSA) is 211 Å². The normalized spacial score (nSPS) is 11.2. The Labute approximate surface area is 361 Å². The Morgan fingerprint density at radius 3 is 0.789 bits per heavy atom. The molecule has 3 unspecified atom stereocenters. The van der Waals surface area contributed by atoms with Crippen LogP contribution < -0.4 is 29.5 Å². The molecule has 12 heteroatoms. The molecule has 0 fully saturated rings. The predicted molar refractivity (Wildman–Crippen MR) is 212 cm³/mol. The van der Waals surface area contributed by atoms with Crippen LogP contribution in [-0.4, -0.2) is 66.6 Å². The number of para-hydroxylation sites is 3. The van der Waals surface area contributed by atoms with Gasteiger partial charge in [-0.15, -0.1) is 0 Å². The summed E-state index contributed by atoms with van der Waals surface area (Å²) in [5, 5.41) is 32.5. The quantitative estimate of drug-likeness (QED) is 0.153. The van der Waals surface area contributed by atoms with Crippen molar-refractivity contribution in [2.75, 3.05) is 0 Å². The van der Waals surface area contributed by atoms with Gasteiger partial charge >= 0.3 is 37.7 Å². The minimum atomic E-state index is -1.09. The van der Waals surface area contributed by atoms with E-state index in [0.29, 0.717) is 33.9 Å². The summed E-state index contributed by atoms with van der Waals surface area (Å²) >= 11 is 0. The number of carbonyl (C=O) groups excluding carboxylic acids is 3. The van der Waals surface area contributed by atoms with Crippen LogP contribution in [-0.2, 0) is 14.4 Å². The molecule has 0 aliphatic rings. The second-order valence-corrected chi connectivity index (χ2v) is 12.1. The van der Waals surface area contributed by atoms with Crippen molar-refractivity contribution in [1.82, 2.24) is 0 Å². The number of hydrogen-bond donors (Lipinski definition) is 0. The maximum atomic E-state index is 10.8. The summed E-state index contributed by atoms with van der Waals surface area (Å²) < 4.78 is 16.9. The third kappa shape index (κ3) is 16.5. The maximum Gasteiger partial charge on any atom is 2.00 e. The van der Waals surface area contributed by atoms with Crippen LogP contribution in [0.15, 0.2) is 164 Å². The van der Waals surface area contributed by atoms with E-state index < -0.39 is 35.7 Å². The van der Waals surface area contributed by atoms with Gasteiger partial charge in [-0.25, -0.2) is 0 Å². The SMILES string of the molecule is CC(C(=O)[O-])c1cccc(Oc2ccccc2)c1.CC(C(=O)[O-])c1cccc(Oc2ccccc2)c1.CC(C(=O)[O-])c1cccc(Oc2ccccc2)c1.O.O.[Ca+2]. The van der Waals surface area contributed by atoms with Crippen LogP contribution in [0.3, 0.4) is 0 Å². The first kappa shape index (κ1) is 49.3. The first-order valence-corrected chi connectivity index (χ1v) is 17.1. The van der Waals surface area contributed by atoms with Gasteiger partial charge in [0.1, 0.15) is 34.5 Å². The molecular weight excluding hydrogens is 757 g/mol. The van der Waals surface area contributed by atoms with Gasteiger partial charge in [0.25, 0.3) is 0 Å². The molecule has 3 atom stereocenters. The number of carboxylic acid groups (broad SMARTS) is 3. The molecule has 0 saturated carbocycles. The van der Waals surface area contributed by atoms with Gasteiger partial charge in [0.2, 0.25) is 0 Å². The van der Waals surface area contributed by atoms with Crippen LogP contribution in [0.1, 0.15) is 55.2 Å². The molecule has 57 heavy (non-hydrogen) atoms. The zero-order valence-corrected chi connectivity index (χ0v) is 33.9. The molecule has 0 heterocycles. The molecule has 11 nitrogen and oxygen atoms in total. The van der Waals surface area contributed by atoms with Crippen LogP contribution in [0.2, 0.25) is 0 Å². The molecule has 0 aromatic heterocycles. The molecule has 4 N–H and O–H groups in total. The summed E-state index contributed by atoms with van der Waals surface area (Å²) in [4.78, 5) is 32.5. The molecule has 0 radical (unpaired) electrons. The standard InChI is InChI=1S/3C15H14O3.Ca.2H2O/c3*1-11(15(16)17)12-6-5-9-14(10-12)18-13-7-3-2-4-8-13;;;/h3*2-11H,1H3,(H,16,17);;2*1H2/q;;;+2;;/p-3. The Bertz CT molecular complexity index is 1860. The van der Waals surface area contributed by atoms with E-state index in [0.717, 1.165) is 17.2 Å². The van der Waals surface area contributed by atoms with Gasteiger partial charge in [-0.1, -0.05) is 112 Å². The fraction of sp³-hybridized carbons (Fsp3) is 0.133. The molecule has 292 valence electrons. The largest absolute Gasteiger partial charge is 2.00 e. The van der Waals surface area contributed by atoms with Crippen molar-refractivity contribution < 1.29 is 54.9 Å². The van der Waals surface area contributed by atoms with E-state index in [4.69, 9.17) is 14.2 Å². The molecular formula is C45H43CaO11-. The second kappa shape index (κ2) is 25.5. The molecule has 6 aromatic rings. The third-order valence-electron chi connectivity index (χ3n) is 8.07. The van der Waals surface area contributed by atoms with Crippen molar-refractivity contribution in [3.05, 3.63) is 180 Å². The van der Waals surface area contributed by atoms with Crippen molar-refractivity contribution in [1.29, 1.82) is 0 Å².